The summed E-state index contributed by atoms with van der Waals surface area (Å²) in [5.41, 5.74) is 1.03. The topological polar surface area (TPSA) is 76.4 Å². The summed E-state index contributed by atoms with van der Waals surface area (Å²) in [5, 5.41) is 14.7. The molecule has 0 aliphatic carbocycles. The van der Waals surface area contributed by atoms with Crippen LogP contribution in [0.4, 0.5) is 0 Å². The molecule has 140 valence electrons. The van der Waals surface area contributed by atoms with Crippen molar-refractivity contribution in [3.63, 3.8) is 0 Å². The standard InChI is InChI=1S/C20H24N6O/c1-21-20(22-13-8-14-27-18-11-6-3-7-12-18)23-15-19-25-24-16-26(19)17-9-4-2-5-10-17/h2-7,9-12,16H,8,13-15H2,1H3,(H2,21,22,23). The lowest BCUT2D eigenvalue weighted by atomic mass is 10.3. The highest BCUT2D eigenvalue weighted by Gasteiger charge is 2.07. The summed E-state index contributed by atoms with van der Waals surface area (Å²) in [7, 11) is 1.75. The Morgan fingerprint density at radius 1 is 1.04 bits per heavy atom. The van der Waals surface area contributed by atoms with Gasteiger partial charge in [-0.3, -0.25) is 9.56 Å². The van der Waals surface area contributed by atoms with Crippen LogP contribution in [0.5, 0.6) is 5.75 Å². The Kier molecular flexibility index (Phi) is 6.80. The Hall–Kier alpha value is -3.35. The Balaban J connectivity index is 1.42. The average Bonchev–Trinajstić information content (AvgIpc) is 3.20. The summed E-state index contributed by atoms with van der Waals surface area (Å²) >= 11 is 0. The maximum atomic E-state index is 5.68. The molecule has 0 fully saturated rings. The third-order valence-electron chi connectivity index (χ3n) is 3.92. The number of nitrogens with zero attached hydrogens (tertiary/aromatic N) is 4. The van der Waals surface area contributed by atoms with E-state index in [-0.39, 0.29) is 0 Å². The second-order valence-electron chi connectivity index (χ2n) is 5.82. The van der Waals surface area contributed by atoms with Crippen LogP contribution in [0.1, 0.15) is 12.2 Å². The molecule has 0 bridgehead atoms. The number of para-hydroxylation sites is 2. The van der Waals surface area contributed by atoms with Crippen LogP contribution in [-0.4, -0.2) is 40.9 Å². The third-order valence-corrected chi connectivity index (χ3v) is 3.92. The van der Waals surface area contributed by atoms with Gasteiger partial charge in [0.05, 0.1) is 13.2 Å². The highest BCUT2D eigenvalue weighted by molar-refractivity contribution is 5.79. The number of aromatic nitrogens is 3. The molecular formula is C20H24N6O. The maximum Gasteiger partial charge on any atom is 0.191 e. The minimum Gasteiger partial charge on any atom is -0.494 e. The zero-order chi connectivity index (χ0) is 18.7. The van der Waals surface area contributed by atoms with E-state index in [9.17, 15) is 0 Å². The van der Waals surface area contributed by atoms with Gasteiger partial charge < -0.3 is 15.4 Å². The molecule has 0 unspecified atom stereocenters. The number of hydrogen-bond donors (Lipinski definition) is 2. The van der Waals surface area contributed by atoms with Crippen LogP contribution < -0.4 is 15.4 Å². The zero-order valence-electron chi connectivity index (χ0n) is 15.4. The second-order valence-corrected chi connectivity index (χ2v) is 5.82. The quantitative estimate of drug-likeness (QED) is 0.365. The Labute approximate surface area is 159 Å². The first-order chi connectivity index (χ1) is 13.4. The van der Waals surface area contributed by atoms with E-state index in [0.29, 0.717) is 13.2 Å². The van der Waals surface area contributed by atoms with Crippen molar-refractivity contribution in [3.05, 3.63) is 72.8 Å². The number of nitrogens with one attached hydrogen (secondary N) is 2. The van der Waals surface area contributed by atoms with Crippen molar-refractivity contribution in [2.75, 3.05) is 20.2 Å². The van der Waals surface area contributed by atoms with Crippen LogP contribution in [0.2, 0.25) is 0 Å². The summed E-state index contributed by atoms with van der Waals surface area (Å²) in [6.07, 6.45) is 2.58. The fourth-order valence-electron chi connectivity index (χ4n) is 2.55. The minimum absolute atomic E-state index is 0.523. The summed E-state index contributed by atoms with van der Waals surface area (Å²) in [5.74, 6) is 2.43. The molecule has 3 aromatic rings. The normalized spacial score (nSPS) is 11.2. The molecule has 2 aromatic carbocycles. The summed E-state index contributed by atoms with van der Waals surface area (Å²) in [6, 6.07) is 19.8. The molecule has 1 aromatic heterocycles. The molecule has 2 N–H and O–H groups in total. The Morgan fingerprint density at radius 2 is 1.78 bits per heavy atom. The predicted molar refractivity (Wildman–Crippen MR) is 106 cm³/mol. The largest absolute Gasteiger partial charge is 0.494 e. The predicted octanol–water partition coefficient (Wildman–Crippen LogP) is 2.40. The number of guanidine groups is 1. The smallest absolute Gasteiger partial charge is 0.191 e. The van der Waals surface area contributed by atoms with E-state index in [0.717, 1.165) is 36.2 Å². The Morgan fingerprint density at radius 3 is 2.52 bits per heavy atom. The molecule has 0 aliphatic rings. The molecule has 0 spiro atoms. The second kappa shape index (κ2) is 9.96. The van der Waals surface area contributed by atoms with Crippen molar-refractivity contribution < 1.29 is 4.74 Å². The lowest BCUT2D eigenvalue weighted by Gasteiger charge is -2.12. The lowest BCUT2D eigenvalue weighted by molar-refractivity contribution is 0.311. The van der Waals surface area contributed by atoms with Gasteiger partial charge in [-0.15, -0.1) is 10.2 Å². The molecule has 0 atom stereocenters. The molecule has 0 saturated heterocycles. The van der Waals surface area contributed by atoms with Crippen LogP contribution in [0.25, 0.3) is 5.69 Å². The van der Waals surface area contributed by atoms with Gasteiger partial charge in [0.1, 0.15) is 12.1 Å². The van der Waals surface area contributed by atoms with E-state index >= 15 is 0 Å². The SMILES string of the molecule is CN=C(NCCCOc1ccccc1)NCc1nncn1-c1ccccc1. The zero-order valence-corrected chi connectivity index (χ0v) is 15.4. The first-order valence-electron chi connectivity index (χ1n) is 8.93. The van der Waals surface area contributed by atoms with E-state index in [1.807, 2.05) is 65.2 Å². The molecule has 0 amide bonds. The van der Waals surface area contributed by atoms with Crippen LogP contribution >= 0.6 is 0 Å². The van der Waals surface area contributed by atoms with Crippen molar-refractivity contribution in [2.24, 2.45) is 4.99 Å². The number of rotatable bonds is 8. The van der Waals surface area contributed by atoms with Crippen LogP contribution in [0.15, 0.2) is 72.0 Å². The Bertz CT molecular complexity index is 832. The molecule has 27 heavy (non-hydrogen) atoms. The number of benzene rings is 2. The number of aliphatic imine (C=N–C) groups is 1. The van der Waals surface area contributed by atoms with Gasteiger partial charge in [-0.25, -0.2) is 0 Å². The first kappa shape index (κ1) is 18.4. The maximum absolute atomic E-state index is 5.68. The van der Waals surface area contributed by atoms with Gasteiger partial charge in [-0.2, -0.15) is 0 Å². The highest BCUT2D eigenvalue weighted by atomic mass is 16.5. The van der Waals surface area contributed by atoms with Gasteiger partial charge in [0.2, 0.25) is 0 Å². The molecule has 7 heteroatoms. The van der Waals surface area contributed by atoms with Gasteiger partial charge in [0.15, 0.2) is 11.8 Å². The van der Waals surface area contributed by atoms with E-state index < -0.39 is 0 Å². The van der Waals surface area contributed by atoms with E-state index in [1.165, 1.54) is 0 Å². The van der Waals surface area contributed by atoms with Crippen LogP contribution in [-0.2, 0) is 6.54 Å². The minimum atomic E-state index is 0.523. The molecule has 0 aliphatic heterocycles. The first-order valence-corrected chi connectivity index (χ1v) is 8.93. The summed E-state index contributed by atoms with van der Waals surface area (Å²) in [4.78, 5) is 4.24. The monoisotopic (exact) mass is 364 g/mol. The average molecular weight is 364 g/mol. The van der Waals surface area contributed by atoms with Crippen LogP contribution in [0.3, 0.4) is 0 Å². The highest BCUT2D eigenvalue weighted by Crippen LogP contribution is 2.09. The third kappa shape index (κ3) is 5.57. The van der Waals surface area contributed by atoms with Gasteiger partial charge >= 0.3 is 0 Å². The summed E-state index contributed by atoms with van der Waals surface area (Å²) in [6.45, 7) is 1.93. The molecule has 7 nitrogen and oxygen atoms in total. The van der Waals surface area contributed by atoms with Crippen molar-refractivity contribution in [3.8, 4) is 11.4 Å². The van der Waals surface area contributed by atoms with E-state index in [2.05, 4.69) is 25.8 Å². The number of ether oxygens (including phenoxy) is 1. The van der Waals surface area contributed by atoms with E-state index in [4.69, 9.17) is 4.74 Å². The molecular weight excluding hydrogens is 340 g/mol. The van der Waals surface area contributed by atoms with Crippen molar-refractivity contribution in [1.29, 1.82) is 0 Å². The van der Waals surface area contributed by atoms with Crippen molar-refractivity contribution in [1.82, 2.24) is 25.4 Å². The number of hydrogen-bond acceptors (Lipinski definition) is 4. The van der Waals surface area contributed by atoms with E-state index in [1.54, 1.807) is 13.4 Å². The van der Waals surface area contributed by atoms with Gasteiger partial charge in [0, 0.05) is 19.3 Å². The molecule has 0 radical (unpaired) electrons. The van der Waals surface area contributed by atoms with Gasteiger partial charge in [-0.05, 0) is 30.7 Å². The molecule has 0 saturated carbocycles. The fourth-order valence-corrected chi connectivity index (χ4v) is 2.55. The summed E-state index contributed by atoms with van der Waals surface area (Å²) < 4.78 is 7.64. The molecule has 3 rings (SSSR count). The fraction of sp³-hybridized carbons (Fsp3) is 0.250. The van der Waals surface area contributed by atoms with Gasteiger partial charge in [-0.1, -0.05) is 36.4 Å². The van der Waals surface area contributed by atoms with Crippen molar-refractivity contribution in [2.45, 2.75) is 13.0 Å². The lowest BCUT2D eigenvalue weighted by Crippen LogP contribution is -2.38. The van der Waals surface area contributed by atoms with Crippen LogP contribution in [0, 0.1) is 0 Å². The molecule has 1 heterocycles. The van der Waals surface area contributed by atoms with Gasteiger partial charge in [0.25, 0.3) is 0 Å². The van der Waals surface area contributed by atoms with Crippen molar-refractivity contribution >= 4 is 5.96 Å².